The van der Waals surface area contributed by atoms with Crippen LogP contribution in [0.4, 0.5) is 0 Å². The van der Waals surface area contributed by atoms with Gasteiger partial charge in [-0.05, 0) is 17.5 Å². The van der Waals surface area contributed by atoms with Gasteiger partial charge in [0.1, 0.15) is 12.7 Å². The van der Waals surface area contributed by atoms with Crippen LogP contribution in [-0.2, 0) is 0 Å². The number of aliphatic hydroxyl groups excluding tert-OH is 1. The van der Waals surface area contributed by atoms with Gasteiger partial charge in [0.25, 0.3) is 0 Å². The van der Waals surface area contributed by atoms with E-state index in [1.54, 1.807) is 0 Å². The predicted molar refractivity (Wildman–Crippen MR) is 59.0 cm³/mol. The van der Waals surface area contributed by atoms with Crippen molar-refractivity contribution in [2.45, 2.75) is 26.0 Å². The van der Waals surface area contributed by atoms with Gasteiger partial charge in [-0.15, -0.1) is 11.3 Å². The smallest absolute Gasteiger partial charge is 0.173 e. The second-order valence-corrected chi connectivity index (χ2v) is 4.37. The summed E-state index contributed by atoms with van der Waals surface area (Å²) in [5.41, 5.74) is 0. The van der Waals surface area contributed by atoms with Crippen molar-refractivity contribution in [2.75, 3.05) is 13.2 Å². The van der Waals surface area contributed by atoms with Crippen molar-refractivity contribution in [3.8, 4) is 5.06 Å². The molecule has 1 unspecified atom stereocenters. The molecule has 1 atom stereocenters. The number of aliphatic hydroxyl groups is 1. The standard InChI is InChI=1S/C10H17NO2S/c1-8(2)11-6-9(12)7-13-10-4-3-5-14-10/h3-5,8-9,11-12H,6-7H2,1-2H3. The number of hydrogen-bond donors (Lipinski definition) is 2. The summed E-state index contributed by atoms with van der Waals surface area (Å²) in [6.07, 6.45) is -0.445. The molecule has 0 amide bonds. The largest absolute Gasteiger partial charge is 0.481 e. The minimum absolute atomic E-state index is 0.347. The van der Waals surface area contributed by atoms with Gasteiger partial charge in [0.15, 0.2) is 5.06 Å². The highest BCUT2D eigenvalue weighted by molar-refractivity contribution is 7.11. The number of thiophene rings is 1. The lowest BCUT2D eigenvalue weighted by Gasteiger charge is -2.13. The van der Waals surface area contributed by atoms with E-state index in [-0.39, 0.29) is 0 Å². The first-order valence-electron chi connectivity index (χ1n) is 4.76. The Kier molecular flexibility index (Phi) is 4.93. The van der Waals surface area contributed by atoms with Gasteiger partial charge in [-0.3, -0.25) is 0 Å². The molecule has 0 saturated carbocycles. The number of hydrogen-bond acceptors (Lipinski definition) is 4. The van der Waals surface area contributed by atoms with E-state index in [1.807, 2.05) is 31.4 Å². The van der Waals surface area contributed by atoms with Gasteiger partial charge in [0.05, 0.1) is 0 Å². The molecular weight excluding hydrogens is 198 g/mol. The first kappa shape index (κ1) is 11.5. The molecule has 1 heterocycles. The molecule has 0 aliphatic rings. The average Bonchev–Trinajstić information content (AvgIpc) is 2.63. The van der Waals surface area contributed by atoms with E-state index in [4.69, 9.17) is 4.74 Å². The van der Waals surface area contributed by atoms with Crippen molar-refractivity contribution < 1.29 is 9.84 Å². The SMILES string of the molecule is CC(C)NCC(O)COc1cccs1. The summed E-state index contributed by atoms with van der Waals surface area (Å²) in [4.78, 5) is 0. The number of rotatable bonds is 6. The van der Waals surface area contributed by atoms with Gasteiger partial charge < -0.3 is 15.2 Å². The van der Waals surface area contributed by atoms with Crippen molar-refractivity contribution >= 4 is 11.3 Å². The topological polar surface area (TPSA) is 41.5 Å². The Hall–Kier alpha value is -0.580. The van der Waals surface area contributed by atoms with Crippen LogP contribution in [0.3, 0.4) is 0 Å². The molecule has 14 heavy (non-hydrogen) atoms. The lowest BCUT2D eigenvalue weighted by Crippen LogP contribution is -2.35. The maximum atomic E-state index is 9.51. The molecule has 0 saturated heterocycles. The summed E-state index contributed by atoms with van der Waals surface area (Å²) in [5.74, 6) is 0. The Morgan fingerprint density at radius 2 is 2.36 bits per heavy atom. The van der Waals surface area contributed by atoms with Crippen molar-refractivity contribution in [3.05, 3.63) is 17.5 Å². The van der Waals surface area contributed by atoms with Gasteiger partial charge in [0, 0.05) is 12.6 Å². The number of nitrogens with one attached hydrogen (secondary N) is 1. The minimum atomic E-state index is -0.445. The molecule has 0 radical (unpaired) electrons. The van der Waals surface area contributed by atoms with Gasteiger partial charge >= 0.3 is 0 Å². The van der Waals surface area contributed by atoms with E-state index in [2.05, 4.69) is 5.32 Å². The van der Waals surface area contributed by atoms with E-state index in [0.29, 0.717) is 19.2 Å². The Bertz CT molecular complexity index is 236. The molecule has 1 aromatic heterocycles. The number of ether oxygens (including phenoxy) is 1. The quantitative estimate of drug-likeness (QED) is 0.755. The van der Waals surface area contributed by atoms with E-state index >= 15 is 0 Å². The Balaban J connectivity index is 2.12. The Labute approximate surface area is 88.7 Å². The molecule has 0 spiro atoms. The normalized spacial score (nSPS) is 13.1. The molecule has 1 aromatic rings. The highest BCUT2D eigenvalue weighted by Crippen LogP contribution is 2.17. The zero-order valence-corrected chi connectivity index (χ0v) is 9.38. The molecular formula is C10H17NO2S. The maximum absolute atomic E-state index is 9.51. The van der Waals surface area contributed by atoms with E-state index in [9.17, 15) is 5.11 Å². The third-order valence-electron chi connectivity index (χ3n) is 1.67. The molecule has 4 heteroatoms. The summed E-state index contributed by atoms with van der Waals surface area (Å²) < 4.78 is 5.37. The Morgan fingerprint density at radius 3 is 2.93 bits per heavy atom. The first-order valence-corrected chi connectivity index (χ1v) is 5.64. The molecule has 0 aliphatic carbocycles. The fraction of sp³-hybridized carbons (Fsp3) is 0.600. The third kappa shape index (κ3) is 4.60. The van der Waals surface area contributed by atoms with E-state index in [0.717, 1.165) is 5.06 Å². The molecule has 0 bridgehead atoms. The fourth-order valence-corrected chi connectivity index (χ4v) is 1.54. The van der Waals surface area contributed by atoms with Crippen LogP contribution < -0.4 is 10.1 Å². The summed E-state index contributed by atoms with van der Waals surface area (Å²) in [6.45, 7) is 5.02. The van der Waals surface area contributed by atoms with E-state index < -0.39 is 6.10 Å². The van der Waals surface area contributed by atoms with Crippen molar-refractivity contribution in [2.24, 2.45) is 0 Å². The van der Waals surface area contributed by atoms with Crippen molar-refractivity contribution in [1.29, 1.82) is 0 Å². The minimum Gasteiger partial charge on any atom is -0.481 e. The molecule has 0 fully saturated rings. The zero-order valence-electron chi connectivity index (χ0n) is 8.56. The summed E-state index contributed by atoms with van der Waals surface area (Å²) in [5, 5.41) is 15.5. The van der Waals surface area contributed by atoms with Crippen LogP contribution in [0.2, 0.25) is 0 Å². The second kappa shape index (κ2) is 6.01. The molecule has 1 rings (SSSR count). The van der Waals surface area contributed by atoms with Gasteiger partial charge in [0.2, 0.25) is 0 Å². The van der Waals surface area contributed by atoms with Crippen LogP contribution in [0, 0.1) is 0 Å². The van der Waals surface area contributed by atoms with Gasteiger partial charge in [-0.25, -0.2) is 0 Å². The molecule has 3 nitrogen and oxygen atoms in total. The highest BCUT2D eigenvalue weighted by atomic mass is 32.1. The molecule has 80 valence electrons. The van der Waals surface area contributed by atoms with Crippen LogP contribution in [0.15, 0.2) is 17.5 Å². The van der Waals surface area contributed by atoms with Crippen LogP contribution in [0.25, 0.3) is 0 Å². The molecule has 0 aromatic carbocycles. The summed E-state index contributed by atoms with van der Waals surface area (Å²) in [6, 6.07) is 4.22. The lowest BCUT2D eigenvalue weighted by atomic mass is 10.3. The van der Waals surface area contributed by atoms with Crippen LogP contribution in [0.1, 0.15) is 13.8 Å². The zero-order chi connectivity index (χ0) is 10.4. The first-order chi connectivity index (χ1) is 6.68. The Morgan fingerprint density at radius 1 is 1.57 bits per heavy atom. The lowest BCUT2D eigenvalue weighted by molar-refractivity contribution is 0.106. The molecule has 0 aliphatic heterocycles. The monoisotopic (exact) mass is 215 g/mol. The van der Waals surface area contributed by atoms with Crippen LogP contribution >= 0.6 is 11.3 Å². The predicted octanol–water partition coefficient (Wildman–Crippen LogP) is 1.49. The molecule has 2 N–H and O–H groups in total. The van der Waals surface area contributed by atoms with Crippen molar-refractivity contribution in [3.63, 3.8) is 0 Å². The van der Waals surface area contributed by atoms with Crippen LogP contribution in [0.5, 0.6) is 5.06 Å². The fourth-order valence-electron chi connectivity index (χ4n) is 0.955. The van der Waals surface area contributed by atoms with Crippen molar-refractivity contribution in [1.82, 2.24) is 5.32 Å². The third-order valence-corrected chi connectivity index (χ3v) is 2.45. The van der Waals surface area contributed by atoms with E-state index in [1.165, 1.54) is 11.3 Å². The van der Waals surface area contributed by atoms with Gasteiger partial charge in [-0.2, -0.15) is 0 Å². The van der Waals surface area contributed by atoms with Gasteiger partial charge in [-0.1, -0.05) is 13.8 Å². The summed E-state index contributed by atoms with van der Waals surface area (Å²) in [7, 11) is 0. The average molecular weight is 215 g/mol. The van der Waals surface area contributed by atoms with Crippen LogP contribution in [-0.4, -0.2) is 30.4 Å². The highest BCUT2D eigenvalue weighted by Gasteiger charge is 2.05. The maximum Gasteiger partial charge on any atom is 0.173 e. The summed E-state index contributed by atoms with van der Waals surface area (Å²) >= 11 is 1.54. The second-order valence-electron chi connectivity index (χ2n) is 3.46.